The molecule has 2 aromatic rings. The number of halogens is 1. The largest absolute Gasteiger partial charge is 0.385 e. The van der Waals surface area contributed by atoms with E-state index in [1.165, 1.54) is 17.7 Å². The van der Waals surface area contributed by atoms with E-state index in [0.29, 0.717) is 6.42 Å². The molecule has 0 amide bonds. The molecule has 0 aromatic heterocycles. The second-order valence-corrected chi connectivity index (χ2v) is 5.70. The van der Waals surface area contributed by atoms with Crippen molar-refractivity contribution in [2.24, 2.45) is 0 Å². The van der Waals surface area contributed by atoms with Crippen LogP contribution in [0.25, 0.3) is 0 Å². The van der Waals surface area contributed by atoms with Crippen molar-refractivity contribution in [1.82, 2.24) is 0 Å². The fraction of sp³-hybridized carbons (Fsp3) is 0.333. The lowest BCUT2D eigenvalue weighted by molar-refractivity contribution is 0.0272. The van der Waals surface area contributed by atoms with Gasteiger partial charge in [-0.1, -0.05) is 36.4 Å². The highest BCUT2D eigenvalue weighted by atomic mass is 19.1. The van der Waals surface area contributed by atoms with Gasteiger partial charge in [0.15, 0.2) is 0 Å². The molecule has 0 aliphatic heterocycles. The first-order valence-electron chi connectivity index (χ1n) is 7.23. The number of aliphatic hydroxyl groups is 1. The monoisotopic (exact) mass is 270 g/mol. The molecular weight excluding hydrogens is 251 g/mol. The summed E-state index contributed by atoms with van der Waals surface area (Å²) >= 11 is 0. The summed E-state index contributed by atoms with van der Waals surface area (Å²) in [6.07, 6.45) is 4.47. The SMILES string of the molecule is OC1(Cc2ccc(F)cc2)CCCCc2ccccc21. The third kappa shape index (κ3) is 2.61. The maximum Gasteiger partial charge on any atom is 0.123 e. The lowest BCUT2D eigenvalue weighted by Crippen LogP contribution is -2.28. The summed E-state index contributed by atoms with van der Waals surface area (Å²) in [4.78, 5) is 0. The second kappa shape index (κ2) is 5.37. The van der Waals surface area contributed by atoms with E-state index in [1.807, 2.05) is 18.2 Å². The van der Waals surface area contributed by atoms with E-state index in [2.05, 4.69) is 6.07 Å². The van der Waals surface area contributed by atoms with Gasteiger partial charge in [-0.15, -0.1) is 0 Å². The summed E-state index contributed by atoms with van der Waals surface area (Å²) in [6, 6.07) is 14.6. The summed E-state index contributed by atoms with van der Waals surface area (Å²) < 4.78 is 13.0. The van der Waals surface area contributed by atoms with Gasteiger partial charge in [0.1, 0.15) is 5.82 Å². The average Bonchev–Trinajstić information content (AvgIpc) is 2.62. The van der Waals surface area contributed by atoms with Crippen LogP contribution in [0.2, 0.25) is 0 Å². The van der Waals surface area contributed by atoms with Gasteiger partial charge in [-0.3, -0.25) is 0 Å². The Kier molecular flexibility index (Phi) is 3.58. The molecule has 1 atom stereocenters. The molecule has 1 aliphatic carbocycles. The minimum Gasteiger partial charge on any atom is -0.385 e. The Morgan fingerprint density at radius 2 is 1.75 bits per heavy atom. The Bertz CT molecular complexity index is 591. The summed E-state index contributed by atoms with van der Waals surface area (Å²) in [6.45, 7) is 0. The number of benzene rings is 2. The molecule has 0 saturated heterocycles. The zero-order valence-electron chi connectivity index (χ0n) is 11.5. The van der Waals surface area contributed by atoms with E-state index in [-0.39, 0.29) is 5.82 Å². The van der Waals surface area contributed by atoms with Crippen LogP contribution in [0.1, 0.15) is 36.0 Å². The van der Waals surface area contributed by atoms with Gasteiger partial charge in [-0.25, -0.2) is 4.39 Å². The molecule has 2 heteroatoms. The van der Waals surface area contributed by atoms with E-state index in [0.717, 1.165) is 36.8 Å². The van der Waals surface area contributed by atoms with Crippen LogP contribution in [0.4, 0.5) is 4.39 Å². The van der Waals surface area contributed by atoms with Crippen molar-refractivity contribution in [2.45, 2.75) is 37.7 Å². The fourth-order valence-corrected chi connectivity index (χ4v) is 3.18. The van der Waals surface area contributed by atoms with Crippen LogP contribution in [0.15, 0.2) is 48.5 Å². The molecule has 3 rings (SSSR count). The molecule has 0 spiro atoms. The van der Waals surface area contributed by atoms with Gasteiger partial charge >= 0.3 is 0 Å². The molecule has 0 bridgehead atoms. The molecule has 1 unspecified atom stereocenters. The molecule has 104 valence electrons. The molecule has 1 N–H and O–H groups in total. The number of hydrogen-bond acceptors (Lipinski definition) is 1. The lowest BCUT2D eigenvalue weighted by atomic mass is 9.83. The van der Waals surface area contributed by atoms with Gasteiger partial charge in [0.2, 0.25) is 0 Å². The Morgan fingerprint density at radius 3 is 2.55 bits per heavy atom. The zero-order valence-corrected chi connectivity index (χ0v) is 11.5. The first-order chi connectivity index (χ1) is 9.67. The van der Waals surface area contributed by atoms with E-state index in [9.17, 15) is 9.50 Å². The van der Waals surface area contributed by atoms with Gasteiger partial charge in [0.25, 0.3) is 0 Å². The smallest absolute Gasteiger partial charge is 0.123 e. The maximum absolute atomic E-state index is 13.0. The van der Waals surface area contributed by atoms with Crippen LogP contribution in [0, 0.1) is 5.82 Å². The van der Waals surface area contributed by atoms with Crippen LogP contribution in [-0.2, 0) is 18.4 Å². The highest BCUT2D eigenvalue weighted by Crippen LogP contribution is 2.36. The van der Waals surface area contributed by atoms with Gasteiger partial charge in [-0.05, 0) is 54.5 Å². The average molecular weight is 270 g/mol. The highest BCUT2D eigenvalue weighted by Gasteiger charge is 2.32. The zero-order chi connectivity index (χ0) is 14.0. The number of hydrogen-bond donors (Lipinski definition) is 1. The van der Waals surface area contributed by atoms with Crippen molar-refractivity contribution in [2.75, 3.05) is 0 Å². The predicted molar refractivity (Wildman–Crippen MR) is 78.0 cm³/mol. The molecule has 0 fully saturated rings. The summed E-state index contributed by atoms with van der Waals surface area (Å²) in [5, 5.41) is 11.1. The Labute approximate surface area is 119 Å². The topological polar surface area (TPSA) is 20.2 Å². The van der Waals surface area contributed by atoms with Crippen LogP contribution in [0.5, 0.6) is 0 Å². The minimum absolute atomic E-state index is 0.234. The van der Waals surface area contributed by atoms with Crippen molar-refractivity contribution in [3.8, 4) is 0 Å². The Hall–Kier alpha value is -1.67. The minimum atomic E-state index is -0.828. The normalized spacial score (nSPS) is 22.1. The Morgan fingerprint density at radius 1 is 1.00 bits per heavy atom. The summed E-state index contributed by atoms with van der Waals surface area (Å²) in [7, 11) is 0. The van der Waals surface area contributed by atoms with Crippen LogP contribution in [0.3, 0.4) is 0 Å². The van der Waals surface area contributed by atoms with Crippen molar-refractivity contribution >= 4 is 0 Å². The molecular formula is C18H19FO. The number of aryl methyl sites for hydroxylation is 1. The highest BCUT2D eigenvalue weighted by molar-refractivity contribution is 5.35. The molecule has 20 heavy (non-hydrogen) atoms. The van der Waals surface area contributed by atoms with E-state index >= 15 is 0 Å². The first kappa shape index (κ1) is 13.3. The van der Waals surface area contributed by atoms with Crippen LogP contribution in [-0.4, -0.2) is 5.11 Å². The maximum atomic E-state index is 13.0. The number of rotatable bonds is 2. The summed E-state index contributed by atoms with van der Waals surface area (Å²) in [5.41, 5.74) is 2.44. The first-order valence-corrected chi connectivity index (χ1v) is 7.23. The predicted octanol–water partition coefficient (Wildman–Crippen LogP) is 3.98. The van der Waals surface area contributed by atoms with Crippen LogP contribution < -0.4 is 0 Å². The van der Waals surface area contributed by atoms with E-state index < -0.39 is 5.60 Å². The summed E-state index contributed by atoms with van der Waals surface area (Å²) in [5.74, 6) is -0.234. The van der Waals surface area contributed by atoms with Gasteiger partial charge in [-0.2, -0.15) is 0 Å². The van der Waals surface area contributed by atoms with Gasteiger partial charge < -0.3 is 5.11 Å². The fourth-order valence-electron chi connectivity index (χ4n) is 3.18. The lowest BCUT2D eigenvalue weighted by Gasteiger charge is -2.29. The molecule has 2 aromatic carbocycles. The Balaban J connectivity index is 1.96. The van der Waals surface area contributed by atoms with Crippen molar-refractivity contribution in [1.29, 1.82) is 0 Å². The quantitative estimate of drug-likeness (QED) is 0.818. The van der Waals surface area contributed by atoms with E-state index in [1.54, 1.807) is 12.1 Å². The van der Waals surface area contributed by atoms with Crippen molar-refractivity contribution in [3.63, 3.8) is 0 Å². The second-order valence-electron chi connectivity index (χ2n) is 5.70. The third-order valence-corrected chi connectivity index (χ3v) is 4.22. The van der Waals surface area contributed by atoms with Crippen LogP contribution >= 0.6 is 0 Å². The standard InChI is InChI=1S/C18H19FO/c19-16-10-8-14(9-11-16)13-18(20)12-4-3-6-15-5-1-2-7-17(15)18/h1-2,5,7-11,20H,3-4,6,12-13H2. The molecule has 0 radical (unpaired) electrons. The van der Waals surface area contributed by atoms with E-state index in [4.69, 9.17) is 0 Å². The van der Waals surface area contributed by atoms with Gasteiger partial charge in [0.05, 0.1) is 5.60 Å². The molecule has 1 aliphatic rings. The third-order valence-electron chi connectivity index (χ3n) is 4.22. The molecule has 1 nitrogen and oxygen atoms in total. The van der Waals surface area contributed by atoms with Gasteiger partial charge in [0, 0.05) is 6.42 Å². The molecule has 0 heterocycles. The van der Waals surface area contributed by atoms with Crippen molar-refractivity contribution in [3.05, 3.63) is 71.0 Å². The number of fused-ring (bicyclic) bond motifs is 1. The molecule has 0 saturated carbocycles. The van der Waals surface area contributed by atoms with Crippen molar-refractivity contribution < 1.29 is 9.50 Å².